The molecule has 4 heteroatoms. The molecule has 4 nitrogen and oxygen atoms in total. The minimum absolute atomic E-state index is 0.105. The van der Waals surface area contributed by atoms with Gasteiger partial charge in [0.1, 0.15) is 0 Å². The lowest BCUT2D eigenvalue weighted by molar-refractivity contribution is -0.145. The van der Waals surface area contributed by atoms with Crippen LogP contribution in [-0.4, -0.2) is 36.5 Å². The van der Waals surface area contributed by atoms with Crippen molar-refractivity contribution in [2.75, 3.05) is 19.7 Å². The minimum Gasteiger partial charge on any atom is -0.466 e. The maximum absolute atomic E-state index is 12.3. The number of unbranched alkanes of at least 4 members (excludes halogenated alkanes) is 2. The Balaban J connectivity index is 4.41. The van der Waals surface area contributed by atoms with Crippen molar-refractivity contribution in [2.24, 2.45) is 5.41 Å². The van der Waals surface area contributed by atoms with Crippen LogP contribution in [0.25, 0.3) is 0 Å². The molecule has 0 rings (SSSR count). The van der Waals surface area contributed by atoms with Gasteiger partial charge >= 0.3 is 5.97 Å². The average Bonchev–Trinajstić information content (AvgIpc) is 2.32. The molecule has 0 atom stereocenters. The first-order chi connectivity index (χ1) is 8.82. The largest absolute Gasteiger partial charge is 0.466 e. The van der Waals surface area contributed by atoms with Crippen molar-refractivity contribution in [2.45, 2.75) is 60.3 Å². The van der Waals surface area contributed by atoms with Gasteiger partial charge in [0.2, 0.25) is 5.91 Å². The van der Waals surface area contributed by atoms with E-state index in [1.165, 1.54) is 0 Å². The fourth-order valence-electron chi connectivity index (χ4n) is 1.80. The van der Waals surface area contributed by atoms with Crippen LogP contribution in [-0.2, 0) is 14.3 Å². The Morgan fingerprint density at radius 3 is 2.16 bits per heavy atom. The van der Waals surface area contributed by atoms with Crippen molar-refractivity contribution in [1.82, 2.24) is 4.90 Å². The molecule has 0 bridgehead atoms. The third-order valence-corrected chi connectivity index (χ3v) is 2.85. The number of carbonyl (C=O) groups is 2. The van der Waals surface area contributed by atoms with Crippen LogP contribution in [0.3, 0.4) is 0 Å². The van der Waals surface area contributed by atoms with E-state index in [-0.39, 0.29) is 18.3 Å². The van der Waals surface area contributed by atoms with Gasteiger partial charge < -0.3 is 9.64 Å². The molecule has 0 aromatic carbocycles. The van der Waals surface area contributed by atoms with Gasteiger partial charge in [0.05, 0.1) is 13.0 Å². The van der Waals surface area contributed by atoms with Crippen LogP contribution < -0.4 is 0 Å². The molecule has 0 aliphatic carbocycles. The number of amides is 1. The Bertz CT molecular complexity index is 282. The summed E-state index contributed by atoms with van der Waals surface area (Å²) in [7, 11) is 0. The van der Waals surface area contributed by atoms with Crippen LogP contribution in [0.4, 0.5) is 0 Å². The number of hydrogen-bond donors (Lipinski definition) is 0. The molecule has 0 aromatic rings. The molecule has 0 heterocycles. The zero-order chi connectivity index (χ0) is 14.9. The summed E-state index contributed by atoms with van der Waals surface area (Å²) in [6.45, 7) is 11.2. The van der Waals surface area contributed by atoms with Gasteiger partial charge in [0.15, 0.2) is 0 Å². The average molecular weight is 271 g/mol. The molecule has 0 saturated heterocycles. The highest BCUT2D eigenvalue weighted by molar-refractivity contribution is 5.82. The molecule has 0 saturated carbocycles. The van der Waals surface area contributed by atoms with Crippen LogP contribution in [0.1, 0.15) is 60.3 Å². The van der Waals surface area contributed by atoms with E-state index in [4.69, 9.17) is 4.74 Å². The Morgan fingerprint density at radius 1 is 1.05 bits per heavy atom. The second-order valence-electron chi connectivity index (χ2n) is 5.80. The molecule has 0 radical (unpaired) electrons. The summed E-state index contributed by atoms with van der Waals surface area (Å²) in [6, 6.07) is 0. The summed E-state index contributed by atoms with van der Waals surface area (Å²) >= 11 is 0. The van der Waals surface area contributed by atoms with Gasteiger partial charge in [-0.05, 0) is 13.3 Å². The van der Waals surface area contributed by atoms with E-state index in [9.17, 15) is 9.59 Å². The minimum atomic E-state index is -0.402. The SMILES string of the molecule is CCCCCN(CCC(=O)OCC)C(=O)C(C)(C)C. The van der Waals surface area contributed by atoms with Gasteiger partial charge in [0.25, 0.3) is 0 Å². The molecule has 0 fully saturated rings. The van der Waals surface area contributed by atoms with Crippen molar-refractivity contribution in [3.8, 4) is 0 Å². The van der Waals surface area contributed by atoms with E-state index in [1.54, 1.807) is 11.8 Å². The van der Waals surface area contributed by atoms with Gasteiger partial charge in [-0.1, -0.05) is 40.5 Å². The van der Waals surface area contributed by atoms with Crippen LogP contribution in [0, 0.1) is 5.41 Å². The highest BCUT2D eigenvalue weighted by Gasteiger charge is 2.27. The summed E-state index contributed by atoms with van der Waals surface area (Å²) in [4.78, 5) is 25.5. The molecule has 112 valence electrons. The summed E-state index contributed by atoms with van der Waals surface area (Å²) in [5.74, 6) is -0.127. The lowest BCUT2D eigenvalue weighted by Gasteiger charge is -2.29. The predicted molar refractivity (Wildman–Crippen MR) is 76.8 cm³/mol. The van der Waals surface area contributed by atoms with Gasteiger partial charge in [-0.3, -0.25) is 9.59 Å². The second kappa shape index (κ2) is 8.94. The van der Waals surface area contributed by atoms with Crippen molar-refractivity contribution in [3.05, 3.63) is 0 Å². The Morgan fingerprint density at radius 2 is 1.68 bits per heavy atom. The van der Waals surface area contributed by atoms with Gasteiger partial charge in [0, 0.05) is 18.5 Å². The van der Waals surface area contributed by atoms with Crippen molar-refractivity contribution in [1.29, 1.82) is 0 Å². The predicted octanol–water partition coefficient (Wildman–Crippen LogP) is 3.00. The first kappa shape index (κ1) is 17.9. The van der Waals surface area contributed by atoms with Gasteiger partial charge in [-0.25, -0.2) is 0 Å². The Labute approximate surface area is 117 Å². The molecule has 0 aliphatic heterocycles. The molecule has 1 amide bonds. The Kier molecular flexibility index (Phi) is 8.44. The smallest absolute Gasteiger partial charge is 0.307 e. The van der Waals surface area contributed by atoms with E-state index in [0.717, 1.165) is 25.8 Å². The third kappa shape index (κ3) is 7.85. The van der Waals surface area contributed by atoms with E-state index in [0.29, 0.717) is 13.2 Å². The Hall–Kier alpha value is -1.06. The highest BCUT2D eigenvalue weighted by Crippen LogP contribution is 2.18. The molecular formula is C15H29NO3. The molecule has 0 aliphatic rings. The number of rotatable bonds is 8. The lowest BCUT2D eigenvalue weighted by atomic mass is 9.94. The van der Waals surface area contributed by atoms with Crippen LogP contribution >= 0.6 is 0 Å². The van der Waals surface area contributed by atoms with Crippen molar-refractivity contribution in [3.63, 3.8) is 0 Å². The summed E-state index contributed by atoms with van der Waals surface area (Å²) in [6.07, 6.45) is 3.49. The van der Waals surface area contributed by atoms with Crippen molar-refractivity contribution >= 4 is 11.9 Å². The quantitative estimate of drug-likeness (QED) is 0.503. The van der Waals surface area contributed by atoms with Crippen molar-refractivity contribution < 1.29 is 14.3 Å². The maximum atomic E-state index is 12.3. The monoisotopic (exact) mass is 271 g/mol. The van der Waals surface area contributed by atoms with E-state index in [2.05, 4.69) is 6.92 Å². The third-order valence-electron chi connectivity index (χ3n) is 2.85. The van der Waals surface area contributed by atoms with E-state index in [1.807, 2.05) is 20.8 Å². The number of hydrogen-bond acceptors (Lipinski definition) is 3. The summed E-state index contributed by atoms with van der Waals surface area (Å²) in [5.41, 5.74) is -0.402. The number of ether oxygens (including phenoxy) is 1. The normalized spacial score (nSPS) is 11.2. The molecule has 0 unspecified atom stereocenters. The summed E-state index contributed by atoms with van der Waals surface area (Å²) in [5, 5.41) is 0. The molecule has 0 spiro atoms. The van der Waals surface area contributed by atoms with Crippen LogP contribution in [0.15, 0.2) is 0 Å². The van der Waals surface area contributed by atoms with Crippen LogP contribution in [0.2, 0.25) is 0 Å². The fourth-order valence-corrected chi connectivity index (χ4v) is 1.80. The number of esters is 1. The highest BCUT2D eigenvalue weighted by atomic mass is 16.5. The first-order valence-electron chi connectivity index (χ1n) is 7.27. The van der Waals surface area contributed by atoms with Crippen LogP contribution in [0.5, 0.6) is 0 Å². The van der Waals surface area contributed by atoms with Gasteiger partial charge in [-0.2, -0.15) is 0 Å². The topological polar surface area (TPSA) is 46.6 Å². The molecule has 19 heavy (non-hydrogen) atoms. The lowest BCUT2D eigenvalue weighted by Crippen LogP contribution is -2.41. The molecule has 0 aromatic heterocycles. The van der Waals surface area contributed by atoms with Gasteiger partial charge in [-0.15, -0.1) is 0 Å². The zero-order valence-electron chi connectivity index (χ0n) is 13.1. The summed E-state index contributed by atoms with van der Waals surface area (Å²) < 4.78 is 4.91. The maximum Gasteiger partial charge on any atom is 0.307 e. The van der Waals surface area contributed by atoms with E-state index >= 15 is 0 Å². The fraction of sp³-hybridized carbons (Fsp3) is 0.867. The van der Waals surface area contributed by atoms with E-state index < -0.39 is 5.41 Å². The second-order valence-corrected chi connectivity index (χ2v) is 5.80. The standard InChI is InChI=1S/C15H29NO3/c1-6-8-9-11-16(14(18)15(3,4)5)12-10-13(17)19-7-2/h6-12H2,1-5H3. The molecular weight excluding hydrogens is 242 g/mol. The number of carbonyl (C=O) groups excluding carboxylic acids is 2. The first-order valence-corrected chi connectivity index (χ1v) is 7.27. The molecule has 0 N–H and O–H groups in total. The number of nitrogens with zero attached hydrogens (tertiary/aromatic N) is 1. The zero-order valence-corrected chi connectivity index (χ0v) is 13.1.